The van der Waals surface area contributed by atoms with Crippen molar-refractivity contribution in [2.45, 2.75) is 30.8 Å². The van der Waals surface area contributed by atoms with Crippen molar-refractivity contribution in [1.82, 2.24) is 25.3 Å². The Hall–Kier alpha value is -4.64. The van der Waals surface area contributed by atoms with E-state index in [-0.39, 0.29) is 42.3 Å². The number of likely N-dealkylation sites (N-methyl/N-ethyl adjacent to an activating group) is 1. The second-order valence-electron chi connectivity index (χ2n) is 9.76. The van der Waals surface area contributed by atoms with Crippen molar-refractivity contribution < 1.29 is 53.6 Å². The van der Waals surface area contributed by atoms with E-state index in [4.69, 9.17) is 4.74 Å². The number of nitrogens with zero attached hydrogens (tertiary/aromatic N) is 3. The fraction of sp³-hybridized carbons (Fsp3) is 0.423. The highest BCUT2D eigenvalue weighted by Crippen LogP contribution is 2.49. The van der Waals surface area contributed by atoms with Gasteiger partial charge in [0, 0.05) is 37.9 Å². The molecular weight excluding hydrogens is 590 g/mol. The minimum Gasteiger partial charge on any atom is -0.508 e. The summed E-state index contributed by atoms with van der Waals surface area (Å²) in [5.41, 5.74) is -0.226. The third kappa shape index (κ3) is 5.72. The van der Waals surface area contributed by atoms with Gasteiger partial charge >= 0.3 is 29.8 Å². The van der Waals surface area contributed by atoms with Crippen LogP contribution < -0.4 is 10.6 Å². The van der Waals surface area contributed by atoms with Crippen LogP contribution in [0.4, 0.5) is 4.79 Å². The number of urea groups is 1. The number of ether oxygens (including phenoxy) is 1. The number of aliphatic carboxylic acids is 1. The molecule has 0 bridgehead atoms. The molecule has 230 valence electrons. The molecule has 0 spiro atoms. The van der Waals surface area contributed by atoms with Crippen LogP contribution in [0, 0.1) is 0 Å². The van der Waals surface area contributed by atoms with Crippen LogP contribution in [0.5, 0.6) is 5.75 Å². The number of carboxylic acid groups (broad SMARTS) is 1. The number of rotatable bonds is 9. The third-order valence-electron chi connectivity index (χ3n) is 7.21. The highest BCUT2D eigenvalue weighted by Gasteiger charge is 2.65. The van der Waals surface area contributed by atoms with Crippen LogP contribution in [0.1, 0.15) is 25.5 Å². The van der Waals surface area contributed by atoms with Gasteiger partial charge in [-0.2, -0.15) is 0 Å². The normalized spacial score (nSPS) is 22.4. The molecule has 0 aliphatic carbocycles. The Labute approximate surface area is 248 Å². The van der Waals surface area contributed by atoms with E-state index in [1.807, 2.05) is 0 Å². The van der Waals surface area contributed by atoms with Gasteiger partial charge in [0.15, 0.2) is 0 Å². The number of thioether (sulfide) groups is 1. The second-order valence-corrected chi connectivity index (χ2v) is 11.0. The number of esters is 1. The van der Waals surface area contributed by atoms with Gasteiger partial charge in [-0.1, -0.05) is 12.1 Å². The Morgan fingerprint density at radius 1 is 1.12 bits per heavy atom. The van der Waals surface area contributed by atoms with Crippen LogP contribution in [-0.4, -0.2) is 121 Å². The molecule has 2 saturated heterocycles. The topological polar surface area (TPSA) is 223 Å². The first-order chi connectivity index (χ1) is 20.4. The summed E-state index contributed by atoms with van der Waals surface area (Å²) < 4.78 is 4.91. The smallest absolute Gasteiger partial charge is 0.352 e. The molecule has 17 heteroatoms. The van der Waals surface area contributed by atoms with Gasteiger partial charge in [0.1, 0.15) is 35.0 Å². The van der Waals surface area contributed by atoms with Crippen molar-refractivity contribution in [3.05, 3.63) is 41.1 Å². The van der Waals surface area contributed by atoms with Crippen LogP contribution in [-0.2, 0) is 33.5 Å². The molecule has 1 aromatic carbocycles. The molecule has 1 aromatic rings. The molecule has 2 fully saturated rings. The number of aliphatic hydroxyl groups is 1. The monoisotopic (exact) mass is 619 g/mol. The summed E-state index contributed by atoms with van der Waals surface area (Å²) in [6, 6.07) is 1.09. The number of phenols is 1. The standard InChI is InChI=1S/C26H29N5O11S/c1-3-29-8-9-30(23(38)22(29)37)25(41)27-17(14-4-6-16(34)7-5-14)20(35)28-19-21(36)31-18(24(39)40)15(10-42-13(2)33)11-43-26(19,31)12-32/h4-7,17,19,32,34H,3,8-12H2,1-2H3,(H,27,41)(H,28,35)(H,39,40)/t17?,19-,26?/m1/s1. The van der Waals surface area contributed by atoms with Gasteiger partial charge in [-0.15, -0.1) is 11.8 Å². The maximum absolute atomic E-state index is 13.6. The highest BCUT2D eigenvalue weighted by molar-refractivity contribution is 8.01. The fourth-order valence-corrected chi connectivity index (χ4v) is 6.32. The van der Waals surface area contributed by atoms with Crippen molar-refractivity contribution in [3.8, 4) is 5.75 Å². The van der Waals surface area contributed by atoms with Crippen molar-refractivity contribution in [2.75, 3.05) is 38.6 Å². The number of benzene rings is 1. The number of nitrogens with one attached hydrogen (secondary N) is 2. The van der Waals surface area contributed by atoms with Crippen molar-refractivity contribution >= 4 is 53.4 Å². The number of imide groups is 1. The van der Waals surface area contributed by atoms with Crippen molar-refractivity contribution in [1.29, 1.82) is 0 Å². The second kappa shape index (κ2) is 12.3. The quantitative estimate of drug-likeness (QED) is 0.121. The van der Waals surface area contributed by atoms with Crippen LogP contribution >= 0.6 is 11.8 Å². The lowest BCUT2D eigenvalue weighted by Crippen LogP contribution is -2.80. The maximum atomic E-state index is 13.6. The van der Waals surface area contributed by atoms with Gasteiger partial charge in [-0.25, -0.2) is 9.59 Å². The summed E-state index contributed by atoms with van der Waals surface area (Å²) in [5, 5.41) is 34.8. The summed E-state index contributed by atoms with van der Waals surface area (Å²) in [7, 11) is 0. The minimum atomic E-state index is -1.62. The number of hydrogen-bond acceptors (Lipinski definition) is 11. The SMILES string of the molecule is CCN1CCN(C(=O)NC(C(=O)N[C@@H]2C(=O)N3C(C(=O)O)=C(COC(C)=O)CSC23CO)c2ccc(O)cc2)C(=O)C1=O. The van der Waals surface area contributed by atoms with Gasteiger partial charge < -0.3 is 35.6 Å². The molecule has 16 nitrogen and oxygen atoms in total. The Balaban J connectivity index is 1.59. The van der Waals surface area contributed by atoms with E-state index in [1.165, 1.54) is 29.2 Å². The van der Waals surface area contributed by atoms with E-state index in [0.717, 1.165) is 23.6 Å². The summed E-state index contributed by atoms with van der Waals surface area (Å²) in [6.45, 7) is 1.88. The molecule has 0 aromatic heterocycles. The minimum absolute atomic E-state index is 0.0520. The number of piperazine rings is 1. The predicted molar refractivity (Wildman–Crippen MR) is 146 cm³/mol. The Morgan fingerprint density at radius 3 is 2.37 bits per heavy atom. The van der Waals surface area contributed by atoms with E-state index in [2.05, 4.69) is 10.6 Å². The zero-order valence-corrected chi connectivity index (χ0v) is 23.9. The third-order valence-corrected chi connectivity index (χ3v) is 8.75. The molecule has 3 aliphatic rings. The largest absolute Gasteiger partial charge is 0.508 e. The molecule has 2 unspecified atom stereocenters. The first-order valence-electron chi connectivity index (χ1n) is 13.0. The number of amides is 6. The zero-order chi connectivity index (χ0) is 31.6. The lowest BCUT2D eigenvalue weighted by atomic mass is 9.91. The fourth-order valence-electron chi connectivity index (χ4n) is 4.95. The van der Waals surface area contributed by atoms with Gasteiger partial charge in [-0.05, 0) is 24.6 Å². The van der Waals surface area contributed by atoms with Crippen LogP contribution in [0.15, 0.2) is 35.5 Å². The number of hydrogen-bond donors (Lipinski definition) is 5. The van der Waals surface area contributed by atoms with Gasteiger partial charge in [-0.3, -0.25) is 33.8 Å². The lowest BCUT2D eigenvalue weighted by molar-refractivity contribution is -0.160. The lowest BCUT2D eigenvalue weighted by Gasteiger charge is -2.58. The summed E-state index contributed by atoms with van der Waals surface area (Å²) >= 11 is 0.957. The molecular formula is C26H29N5O11S. The molecule has 3 aliphatic heterocycles. The first kappa shape index (κ1) is 31.3. The average Bonchev–Trinajstić information content (AvgIpc) is 2.98. The number of β-lactam (4-membered cyclic amide) rings is 1. The highest BCUT2D eigenvalue weighted by atomic mass is 32.2. The Morgan fingerprint density at radius 2 is 1.79 bits per heavy atom. The molecule has 4 rings (SSSR count). The van der Waals surface area contributed by atoms with E-state index >= 15 is 0 Å². The molecule has 6 amide bonds. The molecule has 3 atom stereocenters. The van der Waals surface area contributed by atoms with Crippen LogP contribution in [0.2, 0.25) is 0 Å². The van der Waals surface area contributed by atoms with E-state index in [1.54, 1.807) is 6.92 Å². The van der Waals surface area contributed by atoms with Crippen LogP contribution in [0.3, 0.4) is 0 Å². The number of aromatic hydroxyl groups is 1. The average molecular weight is 620 g/mol. The molecule has 0 radical (unpaired) electrons. The predicted octanol–water partition coefficient (Wildman–Crippen LogP) is -1.50. The summed E-state index contributed by atoms with van der Waals surface area (Å²) in [4.78, 5) is 89.4. The number of phenolic OH excluding ortho intramolecular Hbond substituents is 1. The molecule has 5 N–H and O–H groups in total. The van der Waals surface area contributed by atoms with E-state index < -0.39 is 77.5 Å². The number of carbonyl (C=O) groups excluding carboxylic acids is 6. The van der Waals surface area contributed by atoms with Crippen molar-refractivity contribution in [3.63, 3.8) is 0 Å². The van der Waals surface area contributed by atoms with Crippen LogP contribution in [0.25, 0.3) is 0 Å². The number of carbonyl (C=O) groups is 7. The van der Waals surface area contributed by atoms with E-state index in [9.17, 15) is 48.9 Å². The number of fused-ring (bicyclic) bond motifs is 1. The van der Waals surface area contributed by atoms with Gasteiger partial charge in [0.25, 0.3) is 5.91 Å². The number of carboxylic acids is 1. The molecule has 3 heterocycles. The van der Waals surface area contributed by atoms with Gasteiger partial charge in [0.2, 0.25) is 5.91 Å². The molecule has 43 heavy (non-hydrogen) atoms. The number of aliphatic hydroxyl groups excluding tert-OH is 1. The first-order valence-corrected chi connectivity index (χ1v) is 14.0. The Bertz CT molecular complexity index is 1410. The Kier molecular flexibility index (Phi) is 8.96. The zero-order valence-electron chi connectivity index (χ0n) is 23.1. The van der Waals surface area contributed by atoms with E-state index in [0.29, 0.717) is 4.90 Å². The maximum Gasteiger partial charge on any atom is 0.352 e. The van der Waals surface area contributed by atoms with Gasteiger partial charge in [0.05, 0.1) is 6.61 Å². The summed E-state index contributed by atoms with van der Waals surface area (Å²) in [6.07, 6.45) is 0. The molecule has 0 saturated carbocycles. The summed E-state index contributed by atoms with van der Waals surface area (Å²) in [5.74, 6) is -6.17. The van der Waals surface area contributed by atoms with Crippen molar-refractivity contribution in [2.24, 2.45) is 0 Å².